The first-order valence-corrected chi connectivity index (χ1v) is 4.28. The third-order valence-corrected chi connectivity index (χ3v) is 1.45. The van der Waals surface area contributed by atoms with Crippen molar-refractivity contribution in [2.24, 2.45) is 4.99 Å². The molecule has 0 aromatic rings. The molecule has 0 bridgehead atoms. The lowest BCUT2D eigenvalue weighted by Crippen LogP contribution is -2.30. The first kappa shape index (κ1) is 13.8. The van der Waals surface area contributed by atoms with E-state index in [2.05, 4.69) is 22.9 Å². The molecule has 0 aliphatic carbocycles. The number of isocyanates is 1. The number of hydrogen-bond acceptors (Lipinski definition) is 6. The topological polar surface area (TPSA) is 82.0 Å². The van der Waals surface area contributed by atoms with Crippen LogP contribution >= 0.6 is 0 Å². The predicted octanol–water partition coefficient (Wildman–Crippen LogP) is 0.495. The Kier molecular flexibility index (Phi) is 6.16. The van der Waals surface area contributed by atoms with Gasteiger partial charge in [0.2, 0.25) is 12.3 Å². The number of nitrogens with zero attached hydrogens (tertiary/aromatic N) is 1. The number of carbonyl (C=O) groups is 2. The van der Waals surface area contributed by atoms with Crippen LogP contribution in [0.1, 0.15) is 6.92 Å². The Labute approximate surface area is 92.3 Å². The molecular formula is C10H11NO5. The summed E-state index contributed by atoms with van der Waals surface area (Å²) in [5.74, 6) is -1.50. The zero-order valence-corrected chi connectivity index (χ0v) is 8.71. The summed E-state index contributed by atoms with van der Waals surface area (Å²) in [5.41, 5.74) is 0. The minimum Gasteiger partial charge on any atom is -0.453 e. The van der Waals surface area contributed by atoms with E-state index in [0.29, 0.717) is 0 Å². The van der Waals surface area contributed by atoms with Gasteiger partial charge >= 0.3 is 11.9 Å². The fourth-order valence-corrected chi connectivity index (χ4v) is 0.736. The molecule has 0 heterocycles. The van der Waals surface area contributed by atoms with Crippen molar-refractivity contribution in [1.29, 1.82) is 0 Å². The van der Waals surface area contributed by atoms with Crippen LogP contribution in [0.15, 0.2) is 30.3 Å². The molecule has 16 heavy (non-hydrogen) atoms. The molecule has 0 aliphatic heterocycles. The predicted molar refractivity (Wildman–Crippen MR) is 53.9 cm³/mol. The summed E-state index contributed by atoms with van der Waals surface area (Å²) in [5, 5.41) is 0. The standard InChI is InChI=1S/C10H11NO5/c1-4-8(13)15-7(3)10(11-6-12)16-9(14)5-2/h4-5,7,10H,1-2H2,3H3. The monoisotopic (exact) mass is 225 g/mol. The van der Waals surface area contributed by atoms with Crippen LogP contribution in [0.25, 0.3) is 0 Å². The third-order valence-electron chi connectivity index (χ3n) is 1.45. The Morgan fingerprint density at radius 3 is 2.19 bits per heavy atom. The van der Waals surface area contributed by atoms with E-state index in [1.807, 2.05) is 0 Å². The van der Waals surface area contributed by atoms with Crippen LogP contribution in [0.5, 0.6) is 0 Å². The summed E-state index contributed by atoms with van der Waals surface area (Å²) in [6.45, 7) is 7.77. The van der Waals surface area contributed by atoms with Crippen LogP contribution in [0.2, 0.25) is 0 Å². The van der Waals surface area contributed by atoms with E-state index >= 15 is 0 Å². The lowest BCUT2D eigenvalue weighted by molar-refractivity contribution is -0.159. The molecule has 6 nitrogen and oxygen atoms in total. The minimum absolute atomic E-state index is 0.715. The van der Waals surface area contributed by atoms with Crippen molar-refractivity contribution in [2.45, 2.75) is 19.3 Å². The minimum atomic E-state index is -1.24. The summed E-state index contributed by atoms with van der Waals surface area (Å²) in [7, 11) is 0. The van der Waals surface area contributed by atoms with Gasteiger partial charge in [-0.3, -0.25) is 0 Å². The van der Waals surface area contributed by atoms with Gasteiger partial charge in [0.1, 0.15) is 0 Å². The number of esters is 2. The van der Waals surface area contributed by atoms with Crippen LogP contribution in [0.4, 0.5) is 0 Å². The fraction of sp³-hybridized carbons (Fsp3) is 0.300. The lowest BCUT2D eigenvalue weighted by atomic mass is 10.3. The second-order valence-corrected chi connectivity index (χ2v) is 2.60. The molecule has 2 atom stereocenters. The van der Waals surface area contributed by atoms with Gasteiger partial charge in [0.15, 0.2) is 6.10 Å². The van der Waals surface area contributed by atoms with Gasteiger partial charge in [0.05, 0.1) is 0 Å². The molecule has 86 valence electrons. The molecule has 0 rings (SSSR count). The van der Waals surface area contributed by atoms with Crippen molar-refractivity contribution in [3.8, 4) is 0 Å². The molecule has 0 spiro atoms. The summed E-state index contributed by atoms with van der Waals surface area (Å²) in [4.78, 5) is 35.0. The maximum Gasteiger partial charge on any atom is 0.332 e. The molecule has 0 radical (unpaired) electrons. The highest BCUT2D eigenvalue weighted by molar-refractivity contribution is 5.82. The second-order valence-electron chi connectivity index (χ2n) is 2.60. The average Bonchev–Trinajstić information content (AvgIpc) is 2.27. The van der Waals surface area contributed by atoms with E-state index in [1.165, 1.54) is 13.0 Å². The van der Waals surface area contributed by atoms with E-state index in [1.54, 1.807) is 0 Å². The van der Waals surface area contributed by atoms with E-state index in [9.17, 15) is 14.4 Å². The highest BCUT2D eigenvalue weighted by atomic mass is 16.6. The van der Waals surface area contributed by atoms with Crippen LogP contribution in [-0.2, 0) is 23.9 Å². The van der Waals surface area contributed by atoms with Gasteiger partial charge in [-0.05, 0) is 6.92 Å². The largest absolute Gasteiger partial charge is 0.453 e. The van der Waals surface area contributed by atoms with Crippen LogP contribution in [0, 0.1) is 0 Å². The highest BCUT2D eigenvalue weighted by Crippen LogP contribution is 2.06. The first-order valence-electron chi connectivity index (χ1n) is 4.28. The van der Waals surface area contributed by atoms with Gasteiger partial charge in [-0.15, -0.1) is 0 Å². The van der Waals surface area contributed by atoms with E-state index in [-0.39, 0.29) is 0 Å². The molecular weight excluding hydrogens is 214 g/mol. The van der Waals surface area contributed by atoms with Crippen molar-refractivity contribution >= 4 is 18.0 Å². The number of aliphatic imine (C=N–C) groups is 1. The second kappa shape index (κ2) is 7.14. The quantitative estimate of drug-likeness (QED) is 0.284. The van der Waals surface area contributed by atoms with Gasteiger partial charge in [0, 0.05) is 12.2 Å². The maximum absolute atomic E-state index is 10.9. The molecule has 0 fully saturated rings. The Morgan fingerprint density at radius 2 is 1.75 bits per heavy atom. The lowest BCUT2D eigenvalue weighted by Gasteiger charge is -2.18. The summed E-state index contributed by atoms with van der Waals surface area (Å²) >= 11 is 0. The smallest absolute Gasteiger partial charge is 0.332 e. The molecule has 0 N–H and O–H groups in total. The SMILES string of the molecule is C=CC(=O)OC(C)C(N=C=O)OC(=O)C=C. The Hall–Kier alpha value is -2.20. The summed E-state index contributed by atoms with van der Waals surface area (Å²) < 4.78 is 9.37. The van der Waals surface area contributed by atoms with Gasteiger partial charge in [-0.1, -0.05) is 13.2 Å². The van der Waals surface area contributed by atoms with Crippen molar-refractivity contribution < 1.29 is 23.9 Å². The fourth-order valence-electron chi connectivity index (χ4n) is 0.736. The Morgan fingerprint density at radius 1 is 1.25 bits per heavy atom. The molecule has 0 aromatic heterocycles. The van der Waals surface area contributed by atoms with Crippen molar-refractivity contribution in [2.75, 3.05) is 0 Å². The normalized spacial score (nSPS) is 12.6. The highest BCUT2D eigenvalue weighted by Gasteiger charge is 2.22. The molecule has 6 heteroatoms. The van der Waals surface area contributed by atoms with Crippen molar-refractivity contribution in [3.05, 3.63) is 25.3 Å². The van der Waals surface area contributed by atoms with E-state index in [0.717, 1.165) is 12.2 Å². The van der Waals surface area contributed by atoms with Gasteiger partial charge in [0.25, 0.3) is 0 Å². The summed E-state index contributed by atoms with van der Waals surface area (Å²) in [6, 6.07) is 0. The zero-order valence-electron chi connectivity index (χ0n) is 8.71. The molecule has 0 aliphatic rings. The van der Waals surface area contributed by atoms with Gasteiger partial charge in [-0.25, -0.2) is 14.4 Å². The van der Waals surface area contributed by atoms with Gasteiger partial charge in [-0.2, -0.15) is 4.99 Å². The molecule has 0 aromatic carbocycles. The summed E-state index contributed by atoms with van der Waals surface area (Å²) in [6.07, 6.45) is 0.888. The Bertz CT molecular complexity index is 343. The number of rotatable bonds is 6. The van der Waals surface area contributed by atoms with Crippen LogP contribution in [0.3, 0.4) is 0 Å². The van der Waals surface area contributed by atoms with Crippen LogP contribution in [-0.4, -0.2) is 30.4 Å². The van der Waals surface area contributed by atoms with Gasteiger partial charge < -0.3 is 9.47 Å². The average molecular weight is 225 g/mol. The number of ether oxygens (including phenoxy) is 2. The number of carbonyl (C=O) groups excluding carboxylic acids is 3. The van der Waals surface area contributed by atoms with Crippen molar-refractivity contribution in [3.63, 3.8) is 0 Å². The Balaban J connectivity index is 4.57. The molecule has 0 saturated carbocycles. The van der Waals surface area contributed by atoms with Crippen molar-refractivity contribution in [1.82, 2.24) is 0 Å². The molecule has 0 amide bonds. The maximum atomic E-state index is 10.9. The zero-order chi connectivity index (χ0) is 12.6. The van der Waals surface area contributed by atoms with E-state index in [4.69, 9.17) is 4.74 Å². The number of hydrogen-bond donors (Lipinski definition) is 0. The first-order chi connectivity index (χ1) is 7.54. The third kappa shape index (κ3) is 4.88. The molecule has 2 unspecified atom stereocenters. The molecule has 0 saturated heterocycles. The van der Waals surface area contributed by atoms with E-state index < -0.39 is 24.3 Å². The van der Waals surface area contributed by atoms with Crippen LogP contribution < -0.4 is 0 Å².